The maximum absolute atomic E-state index is 11.6. The zero-order valence-electron chi connectivity index (χ0n) is 11.3. The predicted octanol–water partition coefficient (Wildman–Crippen LogP) is 3.34. The van der Waals surface area contributed by atoms with Gasteiger partial charge in [-0.15, -0.1) is 0 Å². The van der Waals surface area contributed by atoms with Crippen molar-refractivity contribution in [2.45, 2.75) is 26.4 Å². The van der Waals surface area contributed by atoms with Crippen molar-refractivity contribution in [2.75, 3.05) is 5.32 Å². The van der Waals surface area contributed by atoms with Crippen molar-refractivity contribution in [2.24, 2.45) is 0 Å². The molecule has 0 fully saturated rings. The first-order valence-corrected chi connectivity index (χ1v) is 6.70. The summed E-state index contributed by atoms with van der Waals surface area (Å²) in [5.74, 6) is -0.998. The standard InChI is InChI=1S/C13H14N2O4S/c1-13(2,3)19-12(18)15-11-14-8-5-4-7(10(16)17)6-9(8)20-11/h4-6H,1-3H3,(H,16,17)(H,14,15,18). The van der Waals surface area contributed by atoms with E-state index in [1.807, 2.05) is 0 Å². The average Bonchev–Trinajstić information content (AvgIpc) is 2.66. The number of ether oxygens (including phenoxy) is 1. The first kappa shape index (κ1) is 14.3. The number of nitrogens with one attached hydrogen (secondary N) is 1. The third kappa shape index (κ3) is 3.45. The molecule has 0 saturated carbocycles. The van der Waals surface area contributed by atoms with Gasteiger partial charge < -0.3 is 9.84 Å². The Balaban J connectivity index is 2.20. The Morgan fingerprint density at radius 2 is 2.05 bits per heavy atom. The molecule has 0 atom stereocenters. The minimum absolute atomic E-state index is 0.185. The summed E-state index contributed by atoms with van der Waals surface area (Å²) in [6.45, 7) is 5.30. The summed E-state index contributed by atoms with van der Waals surface area (Å²) in [6, 6.07) is 4.60. The number of fused-ring (bicyclic) bond motifs is 1. The van der Waals surface area contributed by atoms with Gasteiger partial charge in [0.15, 0.2) is 5.13 Å². The van der Waals surface area contributed by atoms with E-state index in [1.54, 1.807) is 26.8 Å². The summed E-state index contributed by atoms with van der Waals surface area (Å²) < 4.78 is 5.81. The number of anilines is 1. The highest BCUT2D eigenvalue weighted by Gasteiger charge is 2.17. The van der Waals surface area contributed by atoms with Crippen LogP contribution in [0.25, 0.3) is 10.2 Å². The lowest BCUT2D eigenvalue weighted by atomic mass is 10.2. The van der Waals surface area contributed by atoms with Gasteiger partial charge in [-0.3, -0.25) is 5.32 Å². The van der Waals surface area contributed by atoms with E-state index < -0.39 is 17.7 Å². The van der Waals surface area contributed by atoms with E-state index in [1.165, 1.54) is 23.5 Å². The Morgan fingerprint density at radius 3 is 2.65 bits per heavy atom. The minimum atomic E-state index is -0.998. The minimum Gasteiger partial charge on any atom is -0.478 e. The van der Waals surface area contributed by atoms with Crippen LogP contribution in [0.2, 0.25) is 0 Å². The number of aromatic nitrogens is 1. The van der Waals surface area contributed by atoms with Crippen LogP contribution in [0.1, 0.15) is 31.1 Å². The molecule has 106 valence electrons. The lowest BCUT2D eigenvalue weighted by Gasteiger charge is -2.18. The molecule has 2 rings (SSSR count). The Labute approximate surface area is 119 Å². The normalized spacial score (nSPS) is 11.3. The van der Waals surface area contributed by atoms with Crippen molar-refractivity contribution in [3.8, 4) is 0 Å². The molecule has 2 N–H and O–H groups in total. The first-order valence-electron chi connectivity index (χ1n) is 5.88. The molecule has 0 spiro atoms. The summed E-state index contributed by atoms with van der Waals surface area (Å²) >= 11 is 1.20. The van der Waals surface area contributed by atoms with Gasteiger partial charge in [0.25, 0.3) is 0 Å². The Bertz CT molecular complexity index is 673. The molecule has 0 bridgehead atoms. The van der Waals surface area contributed by atoms with Crippen LogP contribution in [0.5, 0.6) is 0 Å². The van der Waals surface area contributed by atoms with Crippen molar-refractivity contribution in [1.29, 1.82) is 0 Å². The number of carboxylic acid groups (broad SMARTS) is 1. The molecule has 1 aromatic carbocycles. The van der Waals surface area contributed by atoms with E-state index in [0.29, 0.717) is 15.3 Å². The highest BCUT2D eigenvalue weighted by atomic mass is 32.1. The fourth-order valence-electron chi connectivity index (χ4n) is 1.50. The molecule has 1 heterocycles. The molecule has 0 unspecified atom stereocenters. The van der Waals surface area contributed by atoms with Gasteiger partial charge in [0.2, 0.25) is 0 Å². The van der Waals surface area contributed by atoms with Gasteiger partial charge in [0.1, 0.15) is 5.60 Å². The topological polar surface area (TPSA) is 88.5 Å². The second-order valence-electron chi connectivity index (χ2n) is 5.13. The summed E-state index contributed by atoms with van der Waals surface area (Å²) in [5, 5.41) is 11.8. The maximum Gasteiger partial charge on any atom is 0.413 e. The molecule has 20 heavy (non-hydrogen) atoms. The smallest absolute Gasteiger partial charge is 0.413 e. The fourth-order valence-corrected chi connectivity index (χ4v) is 2.39. The van der Waals surface area contributed by atoms with Crippen molar-refractivity contribution in [1.82, 2.24) is 4.98 Å². The zero-order valence-corrected chi connectivity index (χ0v) is 12.1. The van der Waals surface area contributed by atoms with Crippen molar-refractivity contribution in [3.05, 3.63) is 23.8 Å². The van der Waals surface area contributed by atoms with Gasteiger partial charge in [0.05, 0.1) is 15.8 Å². The molecule has 1 amide bonds. The van der Waals surface area contributed by atoms with Crippen molar-refractivity contribution in [3.63, 3.8) is 0 Å². The number of benzene rings is 1. The Morgan fingerprint density at radius 1 is 1.35 bits per heavy atom. The number of hydrogen-bond acceptors (Lipinski definition) is 5. The third-order valence-electron chi connectivity index (χ3n) is 2.24. The summed E-state index contributed by atoms with van der Waals surface area (Å²) in [4.78, 5) is 26.7. The summed E-state index contributed by atoms with van der Waals surface area (Å²) in [6.07, 6.45) is -0.588. The van der Waals surface area contributed by atoms with Crippen LogP contribution in [0, 0.1) is 0 Å². The maximum atomic E-state index is 11.6. The molecule has 6 nitrogen and oxygen atoms in total. The molecule has 2 aromatic rings. The Hall–Kier alpha value is -2.15. The van der Waals surface area contributed by atoms with Gasteiger partial charge in [0, 0.05) is 0 Å². The summed E-state index contributed by atoms with van der Waals surface area (Å²) in [5.41, 5.74) is 0.230. The summed E-state index contributed by atoms with van der Waals surface area (Å²) in [7, 11) is 0. The number of carbonyl (C=O) groups excluding carboxylic acids is 1. The molecule has 0 aliphatic carbocycles. The highest BCUT2D eigenvalue weighted by Crippen LogP contribution is 2.27. The van der Waals surface area contributed by atoms with E-state index in [9.17, 15) is 9.59 Å². The van der Waals surface area contributed by atoms with Crippen molar-refractivity contribution >= 4 is 38.7 Å². The SMILES string of the molecule is CC(C)(C)OC(=O)Nc1nc2ccc(C(=O)O)cc2s1. The fraction of sp³-hybridized carbons (Fsp3) is 0.308. The first-order chi connectivity index (χ1) is 9.24. The van der Waals surface area contributed by atoms with Gasteiger partial charge in [-0.2, -0.15) is 0 Å². The largest absolute Gasteiger partial charge is 0.478 e. The van der Waals surface area contributed by atoms with E-state index in [0.717, 1.165) is 0 Å². The third-order valence-corrected chi connectivity index (χ3v) is 3.18. The molecule has 0 aliphatic rings. The lowest BCUT2D eigenvalue weighted by molar-refractivity contribution is 0.0634. The van der Waals surface area contributed by atoms with Gasteiger partial charge in [-0.1, -0.05) is 11.3 Å². The van der Waals surface area contributed by atoms with E-state index in [-0.39, 0.29) is 5.56 Å². The van der Waals surface area contributed by atoms with Gasteiger partial charge in [-0.05, 0) is 39.0 Å². The van der Waals surface area contributed by atoms with Crippen LogP contribution in [0.4, 0.5) is 9.93 Å². The highest BCUT2D eigenvalue weighted by molar-refractivity contribution is 7.22. The number of amides is 1. The molecule has 0 radical (unpaired) electrons. The molecular weight excluding hydrogens is 280 g/mol. The molecule has 7 heteroatoms. The van der Waals surface area contributed by atoms with Gasteiger partial charge in [-0.25, -0.2) is 14.6 Å². The molecule has 1 aromatic heterocycles. The quantitative estimate of drug-likeness (QED) is 0.886. The molecular formula is C13H14N2O4S. The number of aromatic carboxylic acids is 1. The number of rotatable bonds is 2. The van der Waals surface area contributed by atoms with Crippen LogP contribution in [0.15, 0.2) is 18.2 Å². The lowest BCUT2D eigenvalue weighted by Crippen LogP contribution is -2.27. The van der Waals surface area contributed by atoms with Crippen LogP contribution in [-0.4, -0.2) is 27.8 Å². The van der Waals surface area contributed by atoms with Crippen LogP contribution in [0.3, 0.4) is 0 Å². The monoisotopic (exact) mass is 294 g/mol. The van der Waals surface area contributed by atoms with Gasteiger partial charge >= 0.3 is 12.1 Å². The number of nitrogens with zero attached hydrogens (tertiary/aromatic N) is 1. The van der Waals surface area contributed by atoms with E-state index >= 15 is 0 Å². The van der Waals surface area contributed by atoms with Crippen LogP contribution in [-0.2, 0) is 4.74 Å². The predicted molar refractivity (Wildman–Crippen MR) is 76.4 cm³/mol. The van der Waals surface area contributed by atoms with Crippen LogP contribution < -0.4 is 5.32 Å². The Kier molecular flexibility index (Phi) is 3.63. The van der Waals surface area contributed by atoms with E-state index in [2.05, 4.69) is 10.3 Å². The number of carbonyl (C=O) groups is 2. The zero-order chi connectivity index (χ0) is 14.9. The second-order valence-corrected chi connectivity index (χ2v) is 6.16. The van der Waals surface area contributed by atoms with E-state index in [4.69, 9.17) is 9.84 Å². The van der Waals surface area contributed by atoms with Crippen LogP contribution >= 0.6 is 11.3 Å². The number of hydrogen-bond donors (Lipinski definition) is 2. The molecule has 0 aliphatic heterocycles. The number of carboxylic acids is 1. The second kappa shape index (κ2) is 5.09. The average molecular weight is 294 g/mol. The molecule has 0 saturated heterocycles. The van der Waals surface area contributed by atoms with Crippen molar-refractivity contribution < 1.29 is 19.4 Å². The number of thiazole rings is 1.